The summed E-state index contributed by atoms with van der Waals surface area (Å²) in [4.78, 5) is 15.1. The molecule has 0 aliphatic rings. The number of ether oxygens (including phenoxy) is 3. The van der Waals surface area contributed by atoms with Crippen LogP contribution in [-0.2, 0) is 0 Å². The summed E-state index contributed by atoms with van der Waals surface area (Å²) in [7, 11) is 1.61. The molecule has 3 aromatic rings. The highest BCUT2D eigenvalue weighted by atomic mass is 16.5. The average molecular weight is 449 g/mol. The molecule has 0 bridgehead atoms. The summed E-state index contributed by atoms with van der Waals surface area (Å²) in [6, 6.07) is 21.9. The van der Waals surface area contributed by atoms with Crippen LogP contribution in [0.15, 0.2) is 72.8 Å². The molecule has 0 saturated heterocycles. The maximum absolute atomic E-state index is 12.7. The van der Waals surface area contributed by atoms with Crippen LogP contribution in [0.5, 0.6) is 23.0 Å². The second kappa shape index (κ2) is 12.5. The number of benzene rings is 3. The zero-order valence-corrected chi connectivity index (χ0v) is 19.5. The molecule has 0 aliphatic heterocycles. The van der Waals surface area contributed by atoms with E-state index in [1.54, 1.807) is 49.6 Å². The Balaban J connectivity index is 1.61. The first kappa shape index (κ1) is 24.1. The van der Waals surface area contributed by atoms with Gasteiger partial charge in [0.1, 0.15) is 18.1 Å². The lowest BCUT2D eigenvalue weighted by Gasteiger charge is -2.20. The van der Waals surface area contributed by atoms with Crippen LogP contribution in [-0.4, -0.2) is 44.2 Å². The van der Waals surface area contributed by atoms with Crippen LogP contribution < -0.4 is 19.5 Å². The van der Waals surface area contributed by atoms with Crippen LogP contribution in [0.4, 0.5) is 5.69 Å². The van der Waals surface area contributed by atoms with Gasteiger partial charge in [0.25, 0.3) is 5.91 Å². The first-order valence-electron chi connectivity index (χ1n) is 11.3. The van der Waals surface area contributed by atoms with Gasteiger partial charge in [-0.25, -0.2) is 0 Å². The first-order valence-corrected chi connectivity index (χ1v) is 11.3. The molecule has 0 saturated carbocycles. The Kier molecular flexibility index (Phi) is 9.15. The Hall–Kier alpha value is -3.51. The van der Waals surface area contributed by atoms with Crippen molar-refractivity contribution in [1.29, 1.82) is 0 Å². The molecule has 0 aromatic heterocycles. The van der Waals surface area contributed by atoms with E-state index in [9.17, 15) is 4.79 Å². The van der Waals surface area contributed by atoms with Crippen molar-refractivity contribution < 1.29 is 19.0 Å². The van der Waals surface area contributed by atoms with Gasteiger partial charge in [-0.05, 0) is 68.0 Å². The summed E-state index contributed by atoms with van der Waals surface area (Å²) in [5, 5.41) is 2.92. The summed E-state index contributed by atoms with van der Waals surface area (Å²) in [6.45, 7) is 7.73. The standard InChI is InChI=1S/C27H32N2O4/c1-4-17-29(5-2)18-19-32-26-20-22(13-16-25(26)31-3)28-27(30)21-11-14-24(15-12-21)33-23-9-7-6-8-10-23/h6-16,20H,4-5,17-19H2,1-3H3,(H,28,30). The van der Waals surface area contributed by atoms with Gasteiger partial charge in [-0.15, -0.1) is 0 Å². The van der Waals surface area contributed by atoms with Crippen LogP contribution >= 0.6 is 0 Å². The van der Waals surface area contributed by atoms with Crippen LogP contribution in [0.1, 0.15) is 30.6 Å². The van der Waals surface area contributed by atoms with Crippen molar-refractivity contribution in [2.75, 3.05) is 38.7 Å². The quantitative estimate of drug-likeness (QED) is 0.377. The minimum Gasteiger partial charge on any atom is -0.493 e. The van der Waals surface area contributed by atoms with Gasteiger partial charge in [0.15, 0.2) is 11.5 Å². The Morgan fingerprint density at radius 1 is 0.879 bits per heavy atom. The normalized spacial score (nSPS) is 10.7. The fraction of sp³-hybridized carbons (Fsp3) is 0.296. The average Bonchev–Trinajstić information content (AvgIpc) is 2.84. The number of rotatable bonds is 12. The predicted octanol–water partition coefficient (Wildman–Crippen LogP) is 5.85. The highest BCUT2D eigenvalue weighted by Crippen LogP contribution is 2.30. The molecule has 1 N–H and O–H groups in total. The van der Waals surface area contributed by atoms with Gasteiger partial charge in [-0.3, -0.25) is 4.79 Å². The lowest BCUT2D eigenvalue weighted by atomic mass is 10.2. The van der Waals surface area contributed by atoms with E-state index in [-0.39, 0.29) is 5.91 Å². The smallest absolute Gasteiger partial charge is 0.255 e. The van der Waals surface area contributed by atoms with Gasteiger partial charge in [0.2, 0.25) is 0 Å². The molecule has 0 atom stereocenters. The van der Waals surface area contributed by atoms with Crippen molar-refractivity contribution in [3.63, 3.8) is 0 Å². The Morgan fingerprint density at radius 2 is 1.61 bits per heavy atom. The van der Waals surface area contributed by atoms with Crippen molar-refractivity contribution in [2.24, 2.45) is 0 Å². The Morgan fingerprint density at radius 3 is 2.27 bits per heavy atom. The number of amides is 1. The second-order valence-electron chi connectivity index (χ2n) is 7.54. The minimum atomic E-state index is -0.211. The third-order valence-corrected chi connectivity index (χ3v) is 5.17. The Bertz CT molecular complexity index is 1010. The van der Waals surface area contributed by atoms with Gasteiger partial charge in [-0.1, -0.05) is 32.0 Å². The number of para-hydroxylation sites is 1. The molecule has 0 unspecified atom stereocenters. The topological polar surface area (TPSA) is 60.0 Å². The highest BCUT2D eigenvalue weighted by Gasteiger charge is 2.11. The van der Waals surface area contributed by atoms with Gasteiger partial charge in [0.05, 0.1) is 7.11 Å². The van der Waals surface area contributed by atoms with Crippen molar-refractivity contribution in [1.82, 2.24) is 4.90 Å². The fourth-order valence-electron chi connectivity index (χ4n) is 3.40. The molecule has 6 nitrogen and oxygen atoms in total. The molecule has 174 valence electrons. The van der Waals surface area contributed by atoms with Gasteiger partial charge < -0.3 is 24.4 Å². The molecule has 0 fully saturated rings. The minimum absolute atomic E-state index is 0.211. The van der Waals surface area contributed by atoms with Gasteiger partial charge in [0, 0.05) is 23.9 Å². The number of anilines is 1. The monoisotopic (exact) mass is 448 g/mol. The predicted molar refractivity (Wildman–Crippen MR) is 132 cm³/mol. The maximum atomic E-state index is 12.7. The SMILES string of the molecule is CCCN(CC)CCOc1cc(NC(=O)c2ccc(Oc3ccccc3)cc2)ccc1OC. The van der Waals surface area contributed by atoms with E-state index < -0.39 is 0 Å². The third-order valence-electron chi connectivity index (χ3n) is 5.17. The zero-order valence-electron chi connectivity index (χ0n) is 19.5. The summed E-state index contributed by atoms with van der Waals surface area (Å²) < 4.78 is 17.2. The van der Waals surface area contributed by atoms with E-state index in [2.05, 4.69) is 24.1 Å². The van der Waals surface area contributed by atoms with E-state index in [0.717, 1.165) is 31.8 Å². The van der Waals surface area contributed by atoms with E-state index in [1.807, 2.05) is 30.3 Å². The third kappa shape index (κ3) is 7.26. The van der Waals surface area contributed by atoms with E-state index in [1.165, 1.54) is 0 Å². The molecule has 0 radical (unpaired) electrons. The Labute approximate surface area is 196 Å². The van der Waals surface area contributed by atoms with E-state index >= 15 is 0 Å². The maximum Gasteiger partial charge on any atom is 0.255 e. The van der Waals surface area contributed by atoms with Crippen molar-refractivity contribution in [3.8, 4) is 23.0 Å². The van der Waals surface area contributed by atoms with Crippen LogP contribution in [0.3, 0.4) is 0 Å². The van der Waals surface area contributed by atoms with E-state index in [0.29, 0.717) is 35.1 Å². The van der Waals surface area contributed by atoms with Gasteiger partial charge >= 0.3 is 0 Å². The molecule has 0 heterocycles. The van der Waals surface area contributed by atoms with Crippen LogP contribution in [0.25, 0.3) is 0 Å². The molecular weight excluding hydrogens is 416 g/mol. The van der Waals surface area contributed by atoms with Crippen LogP contribution in [0.2, 0.25) is 0 Å². The van der Waals surface area contributed by atoms with Gasteiger partial charge in [-0.2, -0.15) is 0 Å². The lowest BCUT2D eigenvalue weighted by molar-refractivity contribution is 0.102. The summed E-state index contributed by atoms with van der Waals surface area (Å²) >= 11 is 0. The largest absolute Gasteiger partial charge is 0.493 e. The number of nitrogens with zero attached hydrogens (tertiary/aromatic N) is 1. The molecule has 1 amide bonds. The molecular formula is C27H32N2O4. The van der Waals surface area contributed by atoms with Crippen molar-refractivity contribution >= 4 is 11.6 Å². The number of nitrogens with one attached hydrogen (secondary N) is 1. The van der Waals surface area contributed by atoms with E-state index in [4.69, 9.17) is 14.2 Å². The van der Waals surface area contributed by atoms with Crippen LogP contribution in [0, 0.1) is 0 Å². The lowest BCUT2D eigenvalue weighted by Crippen LogP contribution is -2.29. The molecule has 33 heavy (non-hydrogen) atoms. The number of methoxy groups -OCH3 is 1. The summed E-state index contributed by atoms with van der Waals surface area (Å²) in [6.07, 6.45) is 1.11. The number of hydrogen-bond acceptors (Lipinski definition) is 5. The molecule has 3 rings (SSSR count). The number of carbonyl (C=O) groups is 1. The number of likely N-dealkylation sites (N-methyl/N-ethyl adjacent to an activating group) is 1. The van der Waals surface area contributed by atoms with Crippen molar-refractivity contribution in [3.05, 3.63) is 78.4 Å². The highest BCUT2D eigenvalue weighted by molar-refractivity contribution is 6.04. The molecule has 6 heteroatoms. The summed E-state index contributed by atoms with van der Waals surface area (Å²) in [5.74, 6) is 2.44. The summed E-state index contributed by atoms with van der Waals surface area (Å²) in [5.41, 5.74) is 1.17. The number of carbonyl (C=O) groups excluding carboxylic acids is 1. The fourth-order valence-corrected chi connectivity index (χ4v) is 3.40. The molecule has 0 spiro atoms. The second-order valence-corrected chi connectivity index (χ2v) is 7.54. The number of hydrogen-bond donors (Lipinski definition) is 1. The zero-order chi connectivity index (χ0) is 23.5. The first-order chi connectivity index (χ1) is 16.1. The molecule has 3 aromatic carbocycles. The molecule has 0 aliphatic carbocycles. The van der Waals surface area contributed by atoms with Crippen molar-refractivity contribution in [2.45, 2.75) is 20.3 Å².